The van der Waals surface area contributed by atoms with Crippen molar-refractivity contribution in [3.63, 3.8) is 0 Å². The van der Waals surface area contributed by atoms with Crippen LogP contribution in [0, 0.1) is 12.7 Å². The van der Waals surface area contributed by atoms with E-state index < -0.39 is 5.41 Å². The third kappa shape index (κ3) is 1.48. The van der Waals surface area contributed by atoms with Gasteiger partial charge in [0.05, 0.1) is 11.1 Å². The van der Waals surface area contributed by atoms with Gasteiger partial charge in [0.1, 0.15) is 5.82 Å². The Morgan fingerprint density at radius 3 is 2.41 bits per heavy atom. The van der Waals surface area contributed by atoms with E-state index in [-0.39, 0.29) is 11.7 Å². The standard InChI is InChI=1S/C12H12FNO.C2H6/c1-7-5-8(13)10-9(6-7)14(2)11(15)12(10)3-4-12;1-2/h5-6H,3-4H2,1-2H3;1-2H3. The zero-order valence-electron chi connectivity index (χ0n) is 10.8. The predicted octanol–water partition coefficient (Wildman–Crippen LogP) is 3.17. The lowest BCUT2D eigenvalue weighted by Gasteiger charge is -2.10. The first-order valence-corrected chi connectivity index (χ1v) is 6.15. The summed E-state index contributed by atoms with van der Waals surface area (Å²) in [5.41, 5.74) is 1.75. The van der Waals surface area contributed by atoms with Gasteiger partial charge in [-0.1, -0.05) is 13.8 Å². The minimum Gasteiger partial charge on any atom is -0.314 e. The van der Waals surface area contributed by atoms with Crippen molar-refractivity contribution in [2.75, 3.05) is 11.9 Å². The second kappa shape index (κ2) is 3.83. The van der Waals surface area contributed by atoms with E-state index in [2.05, 4.69) is 0 Å². The van der Waals surface area contributed by atoms with Crippen LogP contribution in [0.1, 0.15) is 37.8 Å². The number of fused-ring (bicyclic) bond motifs is 2. The highest BCUT2D eigenvalue weighted by Crippen LogP contribution is 2.57. The van der Waals surface area contributed by atoms with E-state index in [0.717, 1.165) is 24.1 Å². The quantitative estimate of drug-likeness (QED) is 0.676. The molecule has 0 radical (unpaired) electrons. The molecule has 1 saturated carbocycles. The van der Waals surface area contributed by atoms with Crippen molar-refractivity contribution >= 4 is 11.6 Å². The van der Waals surface area contributed by atoms with Gasteiger partial charge in [-0.2, -0.15) is 0 Å². The fraction of sp³-hybridized carbons (Fsp3) is 0.500. The molecule has 0 aromatic heterocycles. The number of carbonyl (C=O) groups is 1. The SMILES string of the molecule is CC.Cc1cc(F)c2c(c1)N(C)C(=O)C21CC1. The third-order valence-corrected chi connectivity index (χ3v) is 3.52. The molecule has 1 aromatic carbocycles. The molecular weight excluding hydrogens is 217 g/mol. The Kier molecular flexibility index (Phi) is 2.72. The Bertz CT molecular complexity index is 477. The van der Waals surface area contributed by atoms with E-state index in [4.69, 9.17) is 0 Å². The number of halogens is 1. The number of rotatable bonds is 0. The van der Waals surface area contributed by atoms with Crippen molar-refractivity contribution in [1.82, 2.24) is 0 Å². The summed E-state index contributed by atoms with van der Waals surface area (Å²) in [5, 5.41) is 0. The largest absolute Gasteiger partial charge is 0.314 e. The van der Waals surface area contributed by atoms with Crippen molar-refractivity contribution in [3.8, 4) is 0 Å². The molecule has 1 spiro atoms. The Balaban J connectivity index is 0.000000514. The van der Waals surface area contributed by atoms with Crippen molar-refractivity contribution in [1.29, 1.82) is 0 Å². The first-order chi connectivity index (χ1) is 8.06. The highest BCUT2D eigenvalue weighted by molar-refractivity contribution is 6.09. The Hall–Kier alpha value is -1.38. The van der Waals surface area contributed by atoms with Crippen LogP contribution in [0.2, 0.25) is 0 Å². The number of likely N-dealkylation sites (N-methyl/N-ethyl adjacent to an activating group) is 1. The monoisotopic (exact) mass is 235 g/mol. The molecule has 92 valence electrons. The fourth-order valence-corrected chi connectivity index (χ4v) is 2.59. The molecule has 1 amide bonds. The van der Waals surface area contributed by atoms with Crippen molar-refractivity contribution in [2.24, 2.45) is 0 Å². The minimum atomic E-state index is -0.498. The molecule has 0 saturated heterocycles. The number of amides is 1. The van der Waals surface area contributed by atoms with Crippen LogP contribution in [0.5, 0.6) is 0 Å². The lowest BCUT2D eigenvalue weighted by atomic mass is 9.96. The molecule has 2 aliphatic rings. The first kappa shape index (κ1) is 12.1. The summed E-state index contributed by atoms with van der Waals surface area (Å²) in [6.07, 6.45) is 1.59. The van der Waals surface area contributed by atoms with Crippen molar-refractivity contribution < 1.29 is 9.18 Å². The molecule has 0 unspecified atom stereocenters. The summed E-state index contributed by atoms with van der Waals surface area (Å²) in [7, 11) is 1.73. The van der Waals surface area contributed by atoms with Crippen LogP contribution >= 0.6 is 0 Å². The Morgan fingerprint density at radius 2 is 1.88 bits per heavy atom. The normalized spacial score (nSPS) is 18.9. The van der Waals surface area contributed by atoms with Gasteiger partial charge in [-0.15, -0.1) is 0 Å². The van der Waals surface area contributed by atoms with Gasteiger partial charge in [-0.05, 0) is 37.5 Å². The number of hydrogen-bond acceptors (Lipinski definition) is 1. The second-order valence-corrected chi connectivity index (χ2v) is 4.59. The molecular formula is C14H18FNO. The Morgan fingerprint density at radius 1 is 1.29 bits per heavy atom. The molecule has 3 rings (SSSR count). The van der Waals surface area contributed by atoms with E-state index in [1.165, 1.54) is 6.07 Å². The van der Waals surface area contributed by atoms with Gasteiger partial charge in [0.2, 0.25) is 5.91 Å². The van der Waals surface area contributed by atoms with Crippen molar-refractivity contribution in [2.45, 2.75) is 39.0 Å². The maximum atomic E-state index is 13.9. The zero-order chi connectivity index (χ0) is 12.8. The van der Waals surface area contributed by atoms with Crippen LogP contribution in [-0.2, 0) is 10.2 Å². The average Bonchev–Trinajstić information content (AvgIpc) is 3.06. The van der Waals surface area contributed by atoms with Gasteiger partial charge >= 0.3 is 0 Å². The number of nitrogens with zero attached hydrogens (tertiary/aromatic N) is 1. The van der Waals surface area contributed by atoms with E-state index in [9.17, 15) is 9.18 Å². The third-order valence-electron chi connectivity index (χ3n) is 3.52. The van der Waals surface area contributed by atoms with E-state index in [1.54, 1.807) is 11.9 Å². The lowest BCUT2D eigenvalue weighted by Crippen LogP contribution is -2.28. The first-order valence-electron chi connectivity index (χ1n) is 6.15. The Labute approximate surface area is 101 Å². The molecule has 0 bridgehead atoms. The van der Waals surface area contributed by atoms with Crippen LogP contribution in [0.25, 0.3) is 0 Å². The molecule has 1 heterocycles. The summed E-state index contributed by atoms with van der Waals surface area (Å²) in [5.74, 6) is -0.165. The maximum Gasteiger partial charge on any atom is 0.237 e. The van der Waals surface area contributed by atoms with Crippen LogP contribution in [0.4, 0.5) is 10.1 Å². The topological polar surface area (TPSA) is 20.3 Å². The minimum absolute atomic E-state index is 0.0574. The molecule has 0 N–H and O–H groups in total. The number of hydrogen-bond donors (Lipinski definition) is 0. The van der Waals surface area contributed by atoms with Gasteiger partial charge < -0.3 is 4.90 Å². The van der Waals surface area contributed by atoms with Crippen LogP contribution < -0.4 is 4.90 Å². The molecule has 1 aromatic rings. The molecule has 1 fully saturated rings. The van der Waals surface area contributed by atoms with Gasteiger partial charge in [0.25, 0.3) is 0 Å². The molecule has 1 aliphatic heterocycles. The number of carbonyl (C=O) groups excluding carboxylic acids is 1. The number of benzene rings is 1. The molecule has 1 aliphatic carbocycles. The van der Waals surface area contributed by atoms with E-state index in [1.807, 2.05) is 26.8 Å². The fourth-order valence-electron chi connectivity index (χ4n) is 2.59. The number of aryl methyl sites for hydroxylation is 1. The molecule has 2 nitrogen and oxygen atoms in total. The van der Waals surface area contributed by atoms with Gasteiger partial charge in [0, 0.05) is 12.6 Å². The van der Waals surface area contributed by atoms with Gasteiger partial charge in [-0.25, -0.2) is 4.39 Å². The van der Waals surface area contributed by atoms with Gasteiger partial charge in [-0.3, -0.25) is 4.79 Å². The highest BCUT2D eigenvalue weighted by atomic mass is 19.1. The zero-order valence-corrected chi connectivity index (χ0v) is 10.8. The van der Waals surface area contributed by atoms with Crippen LogP contribution in [-0.4, -0.2) is 13.0 Å². The summed E-state index contributed by atoms with van der Waals surface area (Å²) >= 11 is 0. The van der Waals surface area contributed by atoms with Crippen LogP contribution in [0.3, 0.4) is 0 Å². The molecule has 17 heavy (non-hydrogen) atoms. The summed E-state index contributed by atoms with van der Waals surface area (Å²) in [6.45, 7) is 5.85. The molecule has 3 heteroatoms. The maximum absolute atomic E-state index is 13.9. The second-order valence-electron chi connectivity index (χ2n) is 4.59. The highest BCUT2D eigenvalue weighted by Gasteiger charge is 2.59. The van der Waals surface area contributed by atoms with E-state index >= 15 is 0 Å². The predicted molar refractivity (Wildman–Crippen MR) is 66.8 cm³/mol. The average molecular weight is 235 g/mol. The lowest BCUT2D eigenvalue weighted by molar-refractivity contribution is -0.119. The summed E-state index contributed by atoms with van der Waals surface area (Å²) in [4.78, 5) is 13.6. The molecule has 0 atom stereocenters. The van der Waals surface area contributed by atoms with Crippen LogP contribution in [0.15, 0.2) is 12.1 Å². The van der Waals surface area contributed by atoms with E-state index in [0.29, 0.717) is 5.56 Å². The summed E-state index contributed by atoms with van der Waals surface area (Å²) < 4.78 is 13.9. The number of anilines is 1. The van der Waals surface area contributed by atoms with Crippen molar-refractivity contribution in [3.05, 3.63) is 29.1 Å². The summed E-state index contributed by atoms with van der Waals surface area (Å²) in [6, 6.07) is 3.41. The van der Waals surface area contributed by atoms with Gasteiger partial charge in [0.15, 0.2) is 0 Å². The smallest absolute Gasteiger partial charge is 0.237 e.